The number of fused-ring (bicyclic) bond motifs is 1. The van der Waals surface area contributed by atoms with Gasteiger partial charge >= 0.3 is 35.5 Å². The fourth-order valence-electron chi connectivity index (χ4n) is 2.94. The number of aliphatic carboxylic acids is 1. The first kappa shape index (κ1) is 27.3. The Kier molecular flexibility index (Phi) is 9.77. The monoisotopic (exact) mass is 530 g/mol. The van der Waals surface area contributed by atoms with Gasteiger partial charge in [0.05, 0.1) is 27.5 Å². The third kappa shape index (κ3) is 5.94. The number of β-lactam (4-membered cyclic amide) rings is 1. The molecule has 0 aliphatic carbocycles. The number of carboxylic acids is 1. The number of nitrogens with one attached hydrogen (secondary N) is 1. The number of carbonyl (C=O) groups excluding carboxylic acids is 4. The zero-order valence-electron chi connectivity index (χ0n) is 16.8. The van der Waals surface area contributed by atoms with Crippen LogP contribution in [0.3, 0.4) is 0 Å². The Morgan fingerprint density at radius 2 is 2.03 bits per heavy atom. The van der Waals surface area contributed by atoms with E-state index in [1.54, 1.807) is 0 Å². The minimum Gasteiger partial charge on any atom is -0.543 e. The van der Waals surface area contributed by atoms with E-state index in [-0.39, 0.29) is 69.0 Å². The Morgan fingerprint density at radius 3 is 2.66 bits per heavy atom. The van der Waals surface area contributed by atoms with Gasteiger partial charge < -0.3 is 20.0 Å². The quantitative estimate of drug-likeness (QED) is 0.144. The van der Waals surface area contributed by atoms with Crippen LogP contribution < -0.4 is 40.0 Å². The van der Waals surface area contributed by atoms with Crippen LogP contribution in [0.4, 0.5) is 4.39 Å². The Morgan fingerprint density at radius 1 is 1.34 bits per heavy atom. The number of carbonyl (C=O) groups is 4. The van der Waals surface area contributed by atoms with E-state index in [0.717, 1.165) is 22.7 Å². The van der Waals surface area contributed by atoms with E-state index >= 15 is 0 Å². The number of benzene rings is 1. The van der Waals surface area contributed by atoms with Crippen LogP contribution in [0.5, 0.6) is 0 Å². The maximum atomic E-state index is 13.6. The molecule has 0 radical (unpaired) electrons. The second-order valence-electron chi connectivity index (χ2n) is 6.46. The van der Waals surface area contributed by atoms with E-state index in [1.165, 1.54) is 24.8 Å². The van der Waals surface area contributed by atoms with Gasteiger partial charge in [-0.2, -0.15) is 0 Å². The van der Waals surface area contributed by atoms with Crippen molar-refractivity contribution in [2.24, 2.45) is 0 Å². The molecule has 2 heterocycles. The summed E-state index contributed by atoms with van der Waals surface area (Å²) in [5, 5.41) is 13.5. The molecule has 0 aromatic heterocycles. The zero-order chi connectivity index (χ0) is 22.9. The van der Waals surface area contributed by atoms with Crippen LogP contribution in [0.15, 0.2) is 28.3 Å². The minimum absolute atomic E-state index is 0. The van der Waals surface area contributed by atoms with Crippen LogP contribution in [0.2, 0.25) is 10.0 Å². The number of hydrogen-bond donors (Lipinski definition) is 1. The summed E-state index contributed by atoms with van der Waals surface area (Å²) in [6, 6.07) is 1.41. The molecule has 1 aromatic rings. The van der Waals surface area contributed by atoms with Crippen LogP contribution in [-0.4, -0.2) is 58.2 Å². The van der Waals surface area contributed by atoms with Crippen molar-refractivity contribution in [1.82, 2.24) is 10.2 Å². The second-order valence-corrected chi connectivity index (χ2v) is 9.40. The topological polar surface area (TPSA) is 116 Å². The number of thioether (sulfide) groups is 2. The standard InChI is InChI=1S/C18H15Cl2FN2O6S2.Na/c1-7(24)29-4-8-5-31-17-14(16(26)23(17)15(8)18(27)28)22-13(25)6-30-12-3-11(21)9(19)2-10(12)20;/h2-3,14,17H,4-6H2,1H3,(H,22,25)(H,27,28);/q;+1/p-1/t14-,17-;/m1./s1. The molecule has 1 aromatic carbocycles. The number of halogens is 3. The predicted molar refractivity (Wildman–Crippen MR) is 111 cm³/mol. The molecule has 1 saturated heterocycles. The average Bonchev–Trinajstić information content (AvgIpc) is 2.71. The third-order valence-corrected chi connectivity index (χ3v) is 7.45. The summed E-state index contributed by atoms with van der Waals surface area (Å²) >= 11 is 13.8. The fourth-order valence-corrected chi connectivity index (χ4v) is 5.57. The van der Waals surface area contributed by atoms with Crippen molar-refractivity contribution in [3.8, 4) is 0 Å². The summed E-state index contributed by atoms with van der Waals surface area (Å²) in [6.07, 6.45) is 0. The van der Waals surface area contributed by atoms with Crippen molar-refractivity contribution in [2.45, 2.75) is 23.2 Å². The van der Waals surface area contributed by atoms with Gasteiger partial charge in [-0.3, -0.25) is 19.3 Å². The number of esters is 1. The van der Waals surface area contributed by atoms with Crippen LogP contribution >= 0.6 is 46.7 Å². The molecule has 0 unspecified atom stereocenters. The second kappa shape index (κ2) is 11.5. The van der Waals surface area contributed by atoms with E-state index in [4.69, 9.17) is 27.9 Å². The molecule has 1 fully saturated rings. The Labute approximate surface area is 222 Å². The zero-order valence-corrected chi connectivity index (χ0v) is 21.9. The van der Waals surface area contributed by atoms with Crippen molar-refractivity contribution >= 4 is 70.5 Å². The predicted octanol–water partition coefficient (Wildman–Crippen LogP) is -1.80. The molecular weight excluding hydrogens is 517 g/mol. The number of hydrogen-bond acceptors (Lipinski definition) is 8. The fraction of sp³-hybridized carbons (Fsp3) is 0.333. The number of ether oxygens (including phenoxy) is 1. The smallest absolute Gasteiger partial charge is 0.543 e. The summed E-state index contributed by atoms with van der Waals surface area (Å²) in [5.74, 6) is -3.93. The molecule has 32 heavy (non-hydrogen) atoms. The molecule has 8 nitrogen and oxygen atoms in total. The van der Waals surface area contributed by atoms with Gasteiger partial charge in [0.25, 0.3) is 5.91 Å². The molecule has 1 N–H and O–H groups in total. The van der Waals surface area contributed by atoms with E-state index < -0.39 is 41.0 Å². The average molecular weight is 531 g/mol. The van der Waals surface area contributed by atoms with Gasteiger partial charge in [-0.05, 0) is 12.1 Å². The molecule has 0 bridgehead atoms. The van der Waals surface area contributed by atoms with Gasteiger partial charge in [0.1, 0.15) is 23.8 Å². The molecule has 2 aliphatic heterocycles. The SMILES string of the molecule is CC(=O)OCC1=C(C(=O)[O-])N2C(=O)[C@@H](NC(=O)CSc3cc(F)c(Cl)cc3Cl)[C@H]2SC1.[Na+]. The maximum absolute atomic E-state index is 13.6. The summed E-state index contributed by atoms with van der Waals surface area (Å²) in [6.45, 7) is 0.913. The Bertz CT molecular complexity index is 1010. The molecule has 14 heteroatoms. The van der Waals surface area contributed by atoms with Gasteiger partial charge in [-0.1, -0.05) is 23.2 Å². The van der Waals surface area contributed by atoms with E-state index in [2.05, 4.69) is 5.32 Å². The molecule has 166 valence electrons. The molecule has 2 aliphatic rings. The van der Waals surface area contributed by atoms with Crippen LogP contribution in [0.1, 0.15) is 6.92 Å². The number of nitrogens with zero attached hydrogens (tertiary/aromatic N) is 1. The van der Waals surface area contributed by atoms with Gasteiger partial charge in [-0.15, -0.1) is 23.5 Å². The Hall–Kier alpha value is -0.950. The van der Waals surface area contributed by atoms with Crippen molar-refractivity contribution in [2.75, 3.05) is 18.1 Å². The van der Waals surface area contributed by atoms with Crippen molar-refractivity contribution in [3.05, 3.63) is 39.3 Å². The number of carboxylic acid groups (broad SMARTS) is 1. The van der Waals surface area contributed by atoms with Crippen molar-refractivity contribution in [1.29, 1.82) is 0 Å². The van der Waals surface area contributed by atoms with E-state index in [9.17, 15) is 28.7 Å². The van der Waals surface area contributed by atoms with Crippen LogP contribution in [0, 0.1) is 5.82 Å². The van der Waals surface area contributed by atoms with Gasteiger partial charge in [0, 0.05) is 23.1 Å². The van der Waals surface area contributed by atoms with E-state index in [1.807, 2.05) is 0 Å². The first-order chi connectivity index (χ1) is 14.6. The maximum Gasteiger partial charge on any atom is 1.00 e. The summed E-state index contributed by atoms with van der Waals surface area (Å²) in [5.41, 5.74) is -0.108. The third-order valence-electron chi connectivity index (χ3n) is 4.34. The van der Waals surface area contributed by atoms with Crippen molar-refractivity contribution in [3.63, 3.8) is 0 Å². The molecule has 2 amide bonds. The summed E-state index contributed by atoms with van der Waals surface area (Å²) < 4.78 is 18.4. The number of amides is 2. The molecule has 0 saturated carbocycles. The summed E-state index contributed by atoms with van der Waals surface area (Å²) in [4.78, 5) is 48.7. The first-order valence-electron chi connectivity index (χ1n) is 8.68. The molecule has 3 rings (SSSR count). The van der Waals surface area contributed by atoms with E-state index in [0.29, 0.717) is 4.90 Å². The first-order valence-corrected chi connectivity index (χ1v) is 11.5. The normalized spacial score (nSPS) is 19.5. The van der Waals surface area contributed by atoms with Crippen LogP contribution in [0.25, 0.3) is 0 Å². The van der Waals surface area contributed by atoms with Gasteiger partial charge in [-0.25, -0.2) is 4.39 Å². The number of rotatable bonds is 7. The Balaban J connectivity index is 0.00000363. The largest absolute Gasteiger partial charge is 1.00 e. The van der Waals surface area contributed by atoms with Crippen molar-refractivity contribution < 1.29 is 63.0 Å². The molecular formula is C18H14Cl2FN2NaO6S2. The molecule has 0 spiro atoms. The van der Waals surface area contributed by atoms with Gasteiger partial charge in [0.15, 0.2) is 0 Å². The summed E-state index contributed by atoms with van der Waals surface area (Å²) in [7, 11) is 0. The van der Waals surface area contributed by atoms with Gasteiger partial charge in [0.2, 0.25) is 5.91 Å². The molecule has 2 atom stereocenters. The van der Waals surface area contributed by atoms with Crippen LogP contribution in [-0.2, 0) is 23.9 Å². The minimum atomic E-state index is -1.57.